The molecule has 1 aromatic heterocycles. The number of nitrogens with zero attached hydrogens (tertiary/aromatic N) is 1. The Morgan fingerprint density at radius 3 is 2.26 bits per heavy atom. The summed E-state index contributed by atoms with van der Waals surface area (Å²) < 4.78 is 52.6. The number of fused-ring (bicyclic) bond motifs is 1. The van der Waals surface area contributed by atoms with Gasteiger partial charge >= 0.3 is 12.1 Å². The zero-order chi connectivity index (χ0) is 27.4. The zero-order valence-corrected chi connectivity index (χ0v) is 20.5. The van der Waals surface area contributed by atoms with E-state index in [1.807, 2.05) is 36.4 Å². The summed E-state index contributed by atoms with van der Waals surface area (Å²) in [6.07, 6.45) is -2.54. The van der Waals surface area contributed by atoms with Gasteiger partial charge in [-0.05, 0) is 71.1 Å². The van der Waals surface area contributed by atoms with E-state index in [0.717, 1.165) is 17.2 Å². The molecule has 0 radical (unpaired) electrons. The van der Waals surface area contributed by atoms with Gasteiger partial charge < -0.3 is 14.6 Å². The summed E-state index contributed by atoms with van der Waals surface area (Å²) in [5, 5.41) is 9.16. The maximum Gasteiger partial charge on any atom is 0.418 e. The Kier molecular flexibility index (Phi) is 7.19. The van der Waals surface area contributed by atoms with Crippen LogP contribution >= 0.6 is 0 Å². The molecular formula is C31H22F3NO4. The average Bonchev–Trinajstić information content (AvgIpc) is 2.92. The molecule has 5 aromatic rings. The van der Waals surface area contributed by atoms with E-state index in [-0.39, 0.29) is 5.52 Å². The predicted molar refractivity (Wildman–Crippen MR) is 141 cm³/mol. The van der Waals surface area contributed by atoms with Crippen molar-refractivity contribution in [1.82, 2.24) is 4.98 Å². The van der Waals surface area contributed by atoms with E-state index in [1.54, 1.807) is 48.5 Å². The number of aliphatic carboxylic acids is 1. The molecule has 39 heavy (non-hydrogen) atoms. The van der Waals surface area contributed by atoms with E-state index in [1.165, 1.54) is 12.3 Å². The second-order valence-electron chi connectivity index (χ2n) is 8.80. The monoisotopic (exact) mass is 529 g/mol. The number of ether oxygens (including phenoxy) is 2. The first kappa shape index (κ1) is 25.8. The van der Waals surface area contributed by atoms with Crippen LogP contribution in [0.15, 0.2) is 103 Å². The highest BCUT2D eigenvalue weighted by molar-refractivity contribution is 5.98. The molecule has 0 bridgehead atoms. The van der Waals surface area contributed by atoms with Crippen molar-refractivity contribution in [2.45, 2.75) is 12.6 Å². The van der Waals surface area contributed by atoms with E-state index in [2.05, 4.69) is 4.98 Å². The van der Waals surface area contributed by atoms with Crippen LogP contribution in [0.3, 0.4) is 0 Å². The molecule has 0 saturated heterocycles. The number of aromatic nitrogens is 1. The molecule has 0 spiro atoms. The summed E-state index contributed by atoms with van der Waals surface area (Å²) >= 11 is 0. The molecule has 0 aliphatic rings. The fraction of sp³-hybridized carbons (Fsp3) is 0.0968. The smallest absolute Gasteiger partial charge is 0.418 e. The largest absolute Gasteiger partial charge is 0.482 e. The van der Waals surface area contributed by atoms with Gasteiger partial charge in [-0.2, -0.15) is 13.2 Å². The Morgan fingerprint density at radius 1 is 0.821 bits per heavy atom. The molecule has 0 unspecified atom stereocenters. The van der Waals surface area contributed by atoms with Gasteiger partial charge in [0, 0.05) is 11.6 Å². The number of hydrogen-bond donors (Lipinski definition) is 1. The van der Waals surface area contributed by atoms with Crippen LogP contribution in [0, 0.1) is 0 Å². The third-order valence-electron chi connectivity index (χ3n) is 6.06. The third kappa shape index (κ3) is 6.01. The van der Waals surface area contributed by atoms with Gasteiger partial charge in [-0.1, -0.05) is 54.6 Å². The van der Waals surface area contributed by atoms with E-state index >= 15 is 0 Å². The average molecular weight is 530 g/mol. The van der Waals surface area contributed by atoms with Crippen LogP contribution in [0.5, 0.6) is 17.2 Å². The van der Waals surface area contributed by atoms with Crippen molar-refractivity contribution in [3.05, 3.63) is 120 Å². The first-order valence-corrected chi connectivity index (χ1v) is 12.0. The molecule has 0 fully saturated rings. The number of rotatable bonds is 8. The first-order chi connectivity index (χ1) is 18.8. The quantitative estimate of drug-likeness (QED) is 0.222. The molecule has 0 aliphatic carbocycles. The van der Waals surface area contributed by atoms with E-state index in [0.29, 0.717) is 40.2 Å². The molecular weight excluding hydrogens is 507 g/mol. The molecule has 0 aliphatic heterocycles. The van der Waals surface area contributed by atoms with Gasteiger partial charge in [0.1, 0.15) is 17.2 Å². The highest BCUT2D eigenvalue weighted by Crippen LogP contribution is 2.40. The second kappa shape index (κ2) is 10.9. The van der Waals surface area contributed by atoms with Crippen LogP contribution < -0.4 is 9.47 Å². The van der Waals surface area contributed by atoms with Gasteiger partial charge in [0.15, 0.2) is 6.61 Å². The van der Waals surface area contributed by atoms with Gasteiger partial charge in [-0.3, -0.25) is 4.98 Å². The number of carboxylic acid groups (broad SMARTS) is 1. The lowest BCUT2D eigenvalue weighted by Gasteiger charge is -2.17. The maximum atomic E-state index is 13.8. The van der Waals surface area contributed by atoms with Crippen molar-refractivity contribution in [2.24, 2.45) is 0 Å². The Balaban J connectivity index is 1.55. The normalized spacial score (nSPS) is 11.4. The summed E-state index contributed by atoms with van der Waals surface area (Å²) in [6.45, 7) is -0.455. The molecule has 1 N–H and O–H groups in total. The topological polar surface area (TPSA) is 68.7 Å². The number of carboxylic acids is 1. The van der Waals surface area contributed by atoms with Crippen molar-refractivity contribution in [3.8, 4) is 28.4 Å². The van der Waals surface area contributed by atoms with Crippen LogP contribution in [-0.2, 0) is 17.4 Å². The van der Waals surface area contributed by atoms with Gasteiger partial charge in [0.25, 0.3) is 0 Å². The van der Waals surface area contributed by atoms with Crippen LogP contribution in [-0.4, -0.2) is 22.7 Å². The Bertz CT molecular complexity index is 1620. The SMILES string of the molecule is O=C(O)COc1ccc(Oc2cccc(-c3c(Cc4ccccc4)cnc4c(C(F)(F)F)cccc34)c2)cc1. The number of carbonyl (C=O) groups is 1. The highest BCUT2D eigenvalue weighted by Gasteiger charge is 2.33. The molecule has 8 heteroatoms. The van der Waals surface area contributed by atoms with Crippen molar-refractivity contribution >= 4 is 16.9 Å². The Hall–Kier alpha value is -4.85. The lowest BCUT2D eigenvalue weighted by molar-refractivity contribution is -0.139. The number of hydrogen-bond acceptors (Lipinski definition) is 4. The minimum atomic E-state index is -4.55. The van der Waals surface area contributed by atoms with E-state index in [9.17, 15) is 18.0 Å². The molecule has 196 valence electrons. The summed E-state index contributed by atoms with van der Waals surface area (Å²) in [6, 6.07) is 27.4. The molecule has 0 amide bonds. The number of para-hydroxylation sites is 1. The molecule has 4 aromatic carbocycles. The summed E-state index contributed by atoms with van der Waals surface area (Å²) in [5.41, 5.74) is 2.23. The second-order valence-corrected chi connectivity index (χ2v) is 8.80. The number of benzene rings is 4. The lowest BCUT2D eigenvalue weighted by Crippen LogP contribution is -2.09. The summed E-state index contributed by atoms with van der Waals surface area (Å²) in [7, 11) is 0. The predicted octanol–water partition coefficient (Wildman–Crippen LogP) is 7.77. The minimum Gasteiger partial charge on any atom is -0.482 e. The van der Waals surface area contributed by atoms with Crippen LogP contribution in [0.2, 0.25) is 0 Å². The summed E-state index contributed by atoms with van der Waals surface area (Å²) in [4.78, 5) is 15.0. The molecule has 5 nitrogen and oxygen atoms in total. The fourth-order valence-electron chi connectivity index (χ4n) is 4.38. The molecule has 1 heterocycles. The Morgan fingerprint density at radius 2 is 1.54 bits per heavy atom. The molecule has 0 atom stereocenters. The van der Waals surface area contributed by atoms with E-state index in [4.69, 9.17) is 14.6 Å². The number of halogens is 3. The van der Waals surface area contributed by atoms with Gasteiger partial charge in [0.05, 0.1) is 11.1 Å². The zero-order valence-electron chi connectivity index (χ0n) is 20.5. The van der Waals surface area contributed by atoms with Gasteiger partial charge in [0.2, 0.25) is 0 Å². The van der Waals surface area contributed by atoms with Gasteiger partial charge in [-0.15, -0.1) is 0 Å². The standard InChI is InChI=1S/C31H22F3NO4/c32-31(33,34)27-11-5-10-26-29(22(18-35-30(26)27)16-20-6-2-1-3-7-20)21-8-4-9-25(17-21)39-24-14-12-23(13-15-24)38-19-28(36)37/h1-15,17-18H,16,19H2,(H,36,37). The van der Waals surface area contributed by atoms with E-state index < -0.39 is 24.3 Å². The number of pyridine rings is 1. The highest BCUT2D eigenvalue weighted by atomic mass is 19.4. The van der Waals surface area contributed by atoms with Crippen LogP contribution in [0.4, 0.5) is 13.2 Å². The van der Waals surface area contributed by atoms with Crippen molar-refractivity contribution < 1.29 is 32.5 Å². The maximum absolute atomic E-state index is 13.8. The lowest BCUT2D eigenvalue weighted by atomic mass is 9.92. The Labute approximate surface area is 222 Å². The minimum absolute atomic E-state index is 0.111. The fourth-order valence-corrected chi connectivity index (χ4v) is 4.38. The van der Waals surface area contributed by atoms with Crippen LogP contribution in [0.1, 0.15) is 16.7 Å². The first-order valence-electron chi connectivity index (χ1n) is 12.0. The van der Waals surface area contributed by atoms with Gasteiger partial charge in [-0.25, -0.2) is 4.79 Å². The van der Waals surface area contributed by atoms with Crippen molar-refractivity contribution in [1.29, 1.82) is 0 Å². The van der Waals surface area contributed by atoms with Crippen molar-refractivity contribution in [2.75, 3.05) is 6.61 Å². The number of alkyl halides is 3. The third-order valence-corrected chi connectivity index (χ3v) is 6.06. The molecule has 5 rings (SSSR count). The van der Waals surface area contributed by atoms with Crippen molar-refractivity contribution in [3.63, 3.8) is 0 Å². The molecule has 0 saturated carbocycles. The summed E-state index contributed by atoms with van der Waals surface area (Å²) in [5.74, 6) is 0.269. The van der Waals surface area contributed by atoms with Crippen LogP contribution in [0.25, 0.3) is 22.0 Å².